The van der Waals surface area contributed by atoms with Crippen LogP contribution in [0.25, 0.3) is 22.7 Å². The maximum atomic E-state index is 15.4. The molecule has 2 unspecified atom stereocenters. The van der Waals surface area contributed by atoms with E-state index in [1.165, 1.54) is 12.3 Å². The van der Waals surface area contributed by atoms with Gasteiger partial charge in [-0.2, -0.15) is 4.98 Å². The Morgan fingerprint density at radius 1 is 0.982 bits per heavy atom. The number of nitrogens with zero attached hydrogens (tertiary/aromatic N) is 8. The van der Waals surface area contributed by atoms with Crippen LogP contribution in [0.4, 0.5) is 21.9 Å². The number of nitrogens with one attached hydrogen (secondary N) is 2. The molecule has 8 heterocycles. The zero-order chi connectivity index (χ0) is 39.5. The lowest BCUT2D eigenvalue weighted by Gasteiger charge is -2.33. The highest BCUT2D eigenvalue weighted by atomic mass is 19.1. The zero-order valence-corrected chi connectivity index (χ0v) is 30.5. The first kappa shape index (κ1) is 36.1. The number of imide groups is 2. The number of hydrogen-bond acceptors (Lipinski definition) is 15. The Balaban J connectivity index is 0.893. The lowest BCUT2D eigenvalue weighted by molar-refractivity contribution is -0.136. The monoisotopic (exact) mass is 778 g/mol. The van der Waals surface area contributed by atoms with Gasteiger partial charge in [0.15, 0.2) is 17.1 Å². The van der Waals surface area contributed by atoms with Crippen LogP contribution >= 0.6 is 0 Å². The number of rotatable bonds is 8. The summed E-state index contributed by atoms with van der Waals surface area (Å²) in [6.07, 6.45) is 2.87. The minimum absolute atomic E-state index is 0.00570. The fourth-order valence-corrected chi connectivity index (χ4v) is 7.62. The maximum Gasteiger partial charge on any atom is 0.300 e. The third kappa shape index (κ3) is 6.73. The predicted molar refractivity (Wildman–Crippen MR) is 198 cm³/mol. The molecule has 57 heavy (non-hydrogen) atoms. The van der Waals surface area contributed by atoms with Crippen LogP contribution in [0.1, 0.15) is 61.7 Å². The normalized spacial score (nSPS) is 20.2. The van der Waals surface area contributed by atoms with Crippen molar-refractivity contribution in [1.82, 2.24) is 35.1 Å². The molecule has 18 nitrogen and oxygen atoms in total. The van der Waals surface area contributed by atoms with E-state index in [1.807, 2.05) is 21.6 Å². The number of fused-ring (bicyclic) bond motifs is 2. The Bertz CT molecular complexity index is 2490. The molecule has 3 fully saturated rings. The van der Waals surface area contributed by atoms with E-state index >= 15 is 4.39 Å². The predicted octanol–water partition coefficient (Wildman–Crippen LogP) is 2.27. The number of anilines is 3. The highest BCUT2D eigenvalue weighted by molar-refractivity contribution is 6.23. The van der Waals surface area contributed by atoms with Crippen molar-refractivity contribution in [3.05, 3.63) is 76.7 Å². The van der Waals surface area contributed by atoms with Crippen molar-refractivity contribution in [2.75, 3.05) is 54.4 Å². The average molecular weight is 779 g/mol. The molecule has 0 saturated carbocycles. The van der Waals surface area contributed by atoms with Gasteiger partial charge in [0.1, 0.15) is 18.1 Å². The van der Waals surface area contributed by atoms with Crippen molar-refractivity contribution in [2.45, 2.75) is 44.9 Å². The van der Waals surface area contributed by atoms with Gasteiger partial charge in [-0.3, -0.25) is 44.1 Å². The van der Waals surface area contributed by atoms with Gasteiger partial charge >= 0.3 is 0 Å². The minimum Gasteiger partial charge on any atom is -0.444 e. The minimum atomic E-state index is -1.14. The van der Waals surface area contributed by atoms with Crippen LogP contribution in [-0.4, -0.2) is 116 Å². The third-order valence-corrected chi connectivity index (χ3v) is 10.6. The molecule has 0 aliphatic carbocycles. The number of oxazole rings is 2. The summed E-state index contributed by atoms with van der Waals surface area (Å²) in [5.74, 6) is -3.17. The number of aliphatic hydroxyl groups excluding tert-OH is 1. The van der Waals surface area contributed by atoms with Gasteiger partial charge in [-0.1, -0.05) is 0 Å². The second-order valence-corrected chi connectivity index (χ2v) is 14.4. The molecule has 4 aliphatic heterocycles. The molecule has 19 heteroatoms. The third-order valence-electron chi connectivity index (χ3n) is 10.6. The molecular formula is C38H35FN10O8. The average Bonchev–Trinajstić information content (AvgIpc) is 3.99. The summed E-state index contributed by atoms with van der Waals surface area (Å²) in [5.41, 5.74) is 2.60. The van der Waals surface area contributed by atoms with E-state index in [0.717, 1.165) is 16.7 Å². The second kappa shape index (κ2) is 14.2. The number of piperidine rings is 1. The number of benzene rings is 1. The summed E-state index contributed by atoms with van der Waals surface area (Å²) in [6.45, 7) is 4.71. The first-order valence-electron chi connectivity index (χ1n) is 18.4. The van der Waals surface area contributed by atoms with Crippen molar-refractivity contribution in [1.29, 1.82) is 0 Å². The van der Waals surface area contributed by atoms with Crippen molar-refractivity contribution < 1.29 is 42.3 Å². The number of aliphatic hydroxyl groups is 1. The van der Waals surface area contributed by atoms with Crippen molar-refractivity contribution in [3.63, 3.8) is 0 Å². The molecule has 3 N–H and O–H groups in total. The summed E-state index contributed by atoms with van der Waals surface area (Å²) in [4.78, 5) is 88.4. The fraction of sp³-hybridized carbons (Fsp3) is 0.342. The van der Waals surface area contributed by atoms with E-state index in [-0.39, 0.29) is 47.7 Å². The van der Waals surface area contributed by atoms with Crippen LogP contribution in [0.3, 0.4) is 0 Å². The maximum absolute atomic E-state index is 15.4. The van der Waals surface area contributed by atoms with Crippen LogP contribution in [0.5, 0.6) is 0 Å². The number of pyridine rings is 2. The van der Waals surface area contributed by atoms with Gasteiger partial charge in [0, 0.05) is 81.3 Å². The molecular weight excluding hydrogens is 743 g/mol. The van der Waals surface area contributed by atoms with Gasteiger partial charge in [-0.05, 0) is 44.0 Å². The molecule has 4 aliphatic rings. The number of aryl methyl sites for hydroxylation is 1. The van der Waals surface area contributed by atoms with Gasteiger partial charge in [0.25, 0.3) is 23.7 Å². The molecule has 1 aromatic carbocycles. The smallest absolute Gasteiger partial charge is 0.300 e. The van der Waals surface area contributed by atoms with Crippen molar-refractivity contribution >= 4 is 58.3 Å². The van der Waals surface area contributed by atoms with E-state index < -0.39 is 47.5 Å². The molecule has 292 valence electrons. The van der Waals surface area contributed by atoms with Gasteiger partial charge in [-0.15, -0.1) is 0 Å². The van der Waals surface area contributed by atoms with Gasteiger partial charge in [0.2, 0.25) is 23.4 Å². The first-order valence-corrected chi connectivity index (χ1v) is 18.4. The Labute approximate surface area is 322 Å². The van der Waals surface area contributed by atoms with Crippen LogP contribution in [0, 0.1) is 12.7 Å². The van der Waals surface area contributed by atoms with Gasteiger partial charge in [0.05, 0.1) is 22.9 Å². The number of hydrogen-bond donors (Lipinski definition) is 3. The van der Waals surface area contributed by atoms with Gasteiger partial charge in [-0.25, -0.2) is 14.4 Å². The highest BCUT2D eigenvalue weighted by Crippen LogP contribution is 2.34. The summed E-state index contributed by atoms with van der Waals surface area (Å²) >= 11 is 0. The lowest BCUT2D eigenvalue weighted by atomic mass is 10.0. The molecule has 5 aromatic rings. The number of amides is 5. The summed E-state index contributed by atoms with van der Waals surface area (Å²) in [7, 11) is 0. The topological polar surface area (TPSA) is 220 Å². The van der Waals surface area contributed by atoms with Crippen molar-refractivity contribution in [2.24, 2.45) is 0 Å². The zero-order valence-electron chi connectivity index (χ0n) is 30.5. The quantitative estimate of drug-likeness (QED) is 0.192. The van der Waals surface area contributed by atoms with E-state index in [2.05, 4.69) is 25.6 Å². The molecule has 4 aromatic heterocycles. The summed E-state index contributed by atoms with van der Waals surface area (Å²) in [6, 6.07) is 6.75. The standard InChI is InChI=1S/C38H35FN10O8/c1-19-12-20(4-6-40-19)35-42-27(18-56-35)33(52)41-26-15-29-31(44-32(26)48-7-5-22(50)17-48)45-38(57-29)47-10-8-46(9-11-47)16-21-13-23-24(14-25(21)39)37(55)49(36(23)54)28-2-3-30(51)43-34(28)53/h4,6,12-15,18,22,28,50H,2-3,5,7-11,16-17H2,1H3,(H,41,52)(H,43,51,53). The number of halogens is 1. The van der Waals surface area contributed by atoms with Crippen LogP contribution < -0.4 is 20.4 Å². The highest BCUT2D eigenvalue weighted by Gasteiger charge is 2.45. The molecule has 0 spiro atoms. The Morgan fingerprint density at radius 2 is 1.77 bits per heavy atom. The van der Waals surface area contributed by atoms with Gasteiger partial charge < -0.3 is 29.1 Å². The molecule has 0 bridgehead atoms. The fourth-order valence-electron chi connectivity index (χ4n) is 7.62. The Morgan fingerprint density at radius 3 is 2.51 bits per heavy atom. The second-order valence-electron chi connectivity index (χ2n) is 14.4. The van der Waals surface area contributed by atoms with Crippen molar-refractivity contribution in [3.8, 4) is 11.5 Å². The lowest BCUT2D eigenvalue weighted by Crippen LogP contribution is -2.54. The largest absolute Gasteiger partial charge is 0.444 e. The first-order chi connectivity index (χ1) is 27.5. The Hall–Kier alpha value is -6.60. The number of carbonyl (C=O) groups is 5. The molecule has 3 saturated heterocycles. The van der Waals surface area contributed by atoms with E-state index in [1.54, 1.807) is 24.4 Å². The molecule has 2 atom stereocenters. The SMILES string of the molecule is Cc1cc(-c2nc(C(=O)Nc3cc4oc(N5CCN(Cc6cc7c(cc6F)C(=O)N(C6CCC(=O)NC6=O)C7=O)CC5)nc4nc3N3CCC(O)C3)co2)ccn1. The van der Waals surface area contributed by atoms with Crippen LogP contribution in [-0.2, 0) is 16.1 Å². The number of aromatic nitrogens is 4. The Kier molecular flexibility index (Phi) is 8.96. The number of carbonyl (C=O) groups excluding carboxylic acids is 5. The van der Waals surface area contributed by atoms with Crippen LogP contribution in [0.2, 0.25) is 0 Å². The number of piperazine rings is 1. The van der Waals surface area contributed by atoms with Crippen LogP contribution in [0.15, 0.2) is 51.6 Å². The molecule has 5 amide bonds. The number of β-amino-alcohol motifs (C(OH)–C–C–N with tert-alkyl or cyclic N) is 1. The summed E-state index contributed by atoms with van der Waals surface area (Å²) < 4.78 is 27.1. The molecule has 9 rings (SSSR count). The van der Waals surface area contributed by atoms with E-state index in [4.69, 9.17) is 13.8 Å². The van der Waals surface area contributed by atoms with E-state index in [9.17, 15) is 29.1 Å². The molecule has 0 radical (unpaired) electrons. The van der Waals surface area contributed by atoms with E-state index in [0.29, 0.717) is 80.0 Å². The summed E-state index contributed by atoms with van der Waals surface area (Å²) in [5, 5.41) is 15.3.